The Bertz CT molecular complexity index is 281. The molecule has 78 valence electrons. The summed E-state index contributed by atoms with van der Waals surface area (Å²) in [6.07, 6.45) is 3.96. The van der Waals surface area contributed by atoms with Crippen molar-refractivity contribution in [2.24, 2.45) is 5.92 Å². The zero-order chi connectivity index (χ0) is 9.76. The number of carboxylic acid groups (broad SMARTS) is 1. The largest absolute Gasteiger partial charge is 0.465 e. The van der Waals surface area contributed by atoms with Gasteiger partial charge in [-0.2, -0.15) is 0 Å². The first-order valence-electron chi connectivity index (χ1n) is 5.35. The topological polar surface area (TPSA) is 49.8 Å². The van der Waals surface area contributed by atoms with Crippen LogP contribution in [-0.2, 0) is 4.74 Å². The highest BCUT2D eigenvalue weighted by Gasteiger charge is 2.55. The SMILES string of the molecule is O=C(O)N1CC[C@@]23CC[C@@H](C[C@H]2C1)O3. The molecule has 1 amide bonds. The molecule has 0 aromatic heterocycles. The first kappa shape index (κ1) is 8.53. The van der Waals surface area contributed by atoms with E-state index in [-0.39, 0.29) is 5.60 Å². The van der Waals surface area contributed by atoms with Gasteiger partial charge in [0.15, 0.2) is 0 Å². The van der Waals surface area contributed by atoms with E-state index in [9.17, 15) is 4.79 Å². The zero-order valence-electron chi connectivity index (χ0n) is 8.11. The van der Waals surface area contributed by atoms with Gasteiger partial charge in [-0.15, -0.1) is 0 Å². The molecular formula is C10H15NO3. The smallest absolute Gasteiger partial charge is 0.407 e. The lowest BCUT2D eigenvalue weighted by atomic mass is 9.74. The van der Waals surface area contributed by atoms with Crippen molar-refractivity contribution in [1.29, 1.82) is 0 Å². The van der Waals surface area contributed by atoms with Gasteiger partial charge >= 0.3 is 6.09 Å². The second-order valence-corrected chi connectivity index (χ2v) is 4.75. The lowest BCUT2D eigenvalue weighted by Crippen LogP contribution is -2.51. The molecule has 0 unspecified atom stereocenters. The minimum atomic E-state index is -0.775. The molecule has 14 heavy (non-hydrogen) atoms. The molecule has 1 spiro atoms. The summed E-state index contributed by atoms with van der Waals surface area (Å²) in [5.41, 5.74) is 0.0661. The number of rotatable bonds is 0. The molecule has 4 heteroatoms. The van der Waals surface area contributed by atoms with Crippen molar-refractivity contribution in [1.82, 2.24) is 4.90 Å². The van der Waals surface area contributed by atoms with E-state index in [1.54, 1.807) is 4.90 Å². The van der Waals surface area contributed by atoms with Gasteiger partial charge < -0.3 is 14.7 Å². The van der Waals surface area contributed by atoms with Crippen molar-refractivity contribution in [3.8, 4) is 0 Å². The quantitative estimate of drug-likeness (QED) is 0.637. The van der Waals surface area contributed by atoms with E-state index in [0.717, 1.165) is 19.3 Å². The van der Waals surface area contributed by atoms with Gasteiger partial charge in [0.25, 0.3) is 0 Å². The molecule has 0 aromatic carbocycles. The fourth-order valence-corrected chi connectivity index (χ4v) is 3.34. The average molecular weight is 197 g/mol. The molecule has 0 aliphatic carbocycles. The van der Waals surface area contributed by atoms with Crippen LogP contribution in [0.5, 0.6) is 0 Å². The van der Waals surface area contributed by atoms with E-state index < -0.39 is 6.09 Å². The second-order valence-electron chi connectivity index (χ2n) is 4.75. The third-order valence-electron chi connectivity index (χ3n) is 4.10. The summed E-state index contributed by atoms with van der Waals surface area (Å²) < 4.78 is 5.97. The van der Waals surface area contributed by atoms with Crippen molar-refractivity contribution in [3.63, 3.8) is 0 Å². The summed E-state index contributed by atoms with van der Waals surface area (Å²) in [6.45, 7) is 1.34. The molecule has 3 heterocycles. The van der Waals surface area contributed by atoms with E-state index in [1.165, 1.54) is 6.42 Å². The number of hydrogen-bond acceptors (Lipinski definition) is 2. The second kappa shape index (κ2) is 2.63. The molecule has 3 fully saturated rings. The van der Waals surface area contributed by atoms with Crippen molar-refractivity contribution in [2.45, 2.75) is 37.4 Å². The Labute approximate surface area is 82.8 Å². The van der Waals surface area contributed by atoms with Crippen LogP contribution in [0.3, 0.4) is 0 Å². The van der Waals surface area contributed by atoms with Gasteiger partial charge in [-0.1, -0.05) is 0 Å². The predicted octanol–water partition coefficient (Wildman–Crippen LogP) is 1.31. The minimum Gasteiger partial charge on any atom is -0.465 e. The fraction of sp³-hybridized carbons (Fsp3) is 0.900. The van der Waals surface area contributed by atoms with Gasteiger partial charge in [0.1, 0.15) is 0 Å². The standard InChI is InChI=1S/C10H15NO3/c12-9(13)11-4-3-10-2-1-8(14-10)5-7(10)6-11/h7-8H,1-6H2,(H,12,13)/t7-,8-,10-/m0/s1. The van der Waals surface area contributed by atoms with Crippen LogP contribution in [0.1, 0.15) is 25.7 Å². The van der Waals surface area contributed by atoms with Crippen LogP contribution < -0.4 is 0 Å². The number of piperidine rings is 1. The van der Waals surface area contributed by atoms with Gasteiger partial charge in [0, 0.05) is 19.0 Å². The van der Waals surface area contributed by atoms with E-state index in [4.69, 9.17) is 9.84 Å². The molecule has 3 aliphatic heterocycles. The Kier molecular flexibility index (Phi) is 1.60. The number of likely N-dealkylation sites (tertiary alicyclic amines) is 1. The summed E-state index contributed by atoms with van der Waals surface area (Å²) in [5, 5.41) is 8.91. The number of carbonyl (C=O) groups is 1. The number of ether oxygens (including phenoxy) is 1. The maximum atomic E-state index is 10.8. The molecule has 4 nitrogen and oxygen atoms in total. The number of nitrogens with zero attached hydrogens (tertiary/aromatic N) is 1. The van der Waals surface area contributed by atoms with Crippen LogP contribution in [0.2, 0.25) is 0 Å². The maximum Gasteiger partial charge on any atom is 0.407 e. The molecule has 3 aliphatic rings. The number of hydrogen-bond donors (Lipinski definition) is 1. The van der Waals surface area contributed by atoms with Crippen LogP contribution in [0.4, 0.5) is 4.79 Å². The lowest BCUT2D eigenvalue weighted by molar-refractivity contribution is -0.0459. The number of amides is 1. The number of fused-ring (bicyclic) bond motifs is 1. The molecule has 0 aromatic rings. The Morgan fingerprint density at radius 2 is 2.36 bits per heavy atom. The lowest BCUT2D eigenvalue weighted by Gasteiger charge is -2.41. The third-order valence-corrected chi connectivity index (χ3v) is 4.10. The molecule has 0 saturated carbocycles. The Balaban J connectivity index is 1.78. The highest BCUT2D eigenvalue weighted by molar-refractivity contribution is 5.65. The van der Waals surface area contributed by atoms with Gasteiger partial charge in [-0.25, -0.2) is 4.79 Å². The molecule has 3 saturated heterocycles. The van der Waals surface area contributed by atoms with Crippen molar-refractivity contribution in [3.05, 3.63) is 0 Å². The summed E-state index contributed by atoms with van der Waals surface area (Å²) in [4.78, 5) is 12.4. The molecule has 1 N–H and O–H groups in total. The van der Waals surface area contributed by atoms with Crippen LogP contribution in [0, 0.1) is 5.92 Å². The summed E-state index contributed by atoms with van der Waals surface area (Å²) in [7, 11) is 0. The molecule has 3 atom stereocenters. The molecular weight excluding hydrogens is 182 g/mol. The van der Waals surface area contributed by atoms with E-state index >= 15 is 0 Å². The zero-order valence-corrected chi connectivity index (χ0v) is 8.11. The maximum absolute atomic E-state index is 10.8. The van der Waals surface area contributed by atoms with Crippen LogP contribution in [0.15, 0.2) is 0 Å². The highest BCUT2D eigenvalue weighted by Crippen LogP contribution is 2.51. The Hall–Kier alpha value is -0.770. The first-order valence-corrected chi connectivity index (χ1v) is 5.35. The molecule has 2 bridgehead atoms. The summed E-state index contributed by atoms with van der Waals surface area (Å²) >= 11 is 0. The fourth-order valence-electron chi connectivity index (χ4n) is 3.34. The Morgan fingerprint density at radius 1 is 1.50 bits per heavy atom. The van der Waals surface area contributed by atoms with Crippen molar-refractivity contribution in [2.75, 3.05) is 13.1 Å². The highest BCUT2D eigenvalue weighted by atomic mass is 16.5. The molecule has 3 rings (SSSR count). The van der Waals surface area contributed by atoms with E-state index in [0.29, 0.717) is 25.1 Å². The van der Waals surface area contributed by atoms with E-state index in [2.05, 4.69) is 0 Å². The van der Waals surface area contributed by atoms with Gasteiger partial charge in [0.05, 0.1) is 11.7 Å². The normalized spacial score (nSPS) is 45.3. The summed E-state index contributed by atoms with van der Waals surface area (Å²) in [5.74, 6) is 0.464. The summed E-state index contributed by atoms with van der Waals surface area (Å²) in [6, 6.07) is 0. The monoisotopic (exact) mass is 197 g/mol. The minimum absolute atomic E-state index is 0.0661. The van der Waals surface area contributed by atoms with Crippen molar-refractivity contribution >= 4 is 6.09 Å². The predicted molar refractivity (Wildman–Crippen MR) is 49.2 cm³/mol. The first-order chi connectivity index (χ1) is 6.70. The van der Waals surface area contributed by atoms with Gasteiger partial charge in [0.2, 0.25) is 0 Å². The van der Waals surface area contributed by atoms with Gasteiger partial charge in [-0.05, 0) is 25.7 Å². The van der Waals surface area contributed by atoms with Crippen LogP contribution >= 0.6 is 0 Å². The van der Waals surface area contributed by atoms with Gasteiger partial charge in [-0.3, -0.25) is 0 Å². The van der Waals surface area contributed by atoms with Crippen LogP contribution in [-0.4, -0.2) is 40.9 Å². The van der Waals surface area contributed by atoms with Crippen molar-refractivity contribution < 1.29 is 14.6 Å². The third kappa shape index (κ3) is 1.00. The Morgan fingerprint density at radius 3 is 3.07 bits per heavy atom. The molecule has 0 radical (unpaired) electrons. The van der Waals surface area contributed by atoms with E-state index in [1.807, 2.05) is 0 Å². The average Bonchev–Trinajstić information content (AvgIpc) is 2.71. The van der Waals surface area contributed by atoms with Crippen LogP contribution in [0.25, 0.3) is 0 Å².